The average Bonchev–Trinajstić information content (AvgIpc) is 3.25. The number of ketones is 1. The van der Waals surface area contributed by atoms with Crippen LogP contribution in [0, 0.1) is 5.82 Å². The number of aromatic amines is 1. The first-order chi connectivity index (χ1) is 15.8. The van der Waals surface area contributed by atoms with Gasteiger partial charge in [-0.25, -0.2) is 17.8 Å². The number of rotatable bonds is 8. The number of hydrogen-bond donors (Lipinski definition) is 1. The van der Waals surface area contributed by atoms with Gasteiger partial charge in [0.1, 0.15) is 5.82 Å². The lowest BCUT2D eigenvalue weighted by Gasteiger charge is -2.04. The quantitative estimate of drug-likeness (QED) is 0.351. The number of imidazole rings is 1. The fourth-order valence-electron chi connectivity index (χ4n) is 3.62. The van der Waals surface area contributed by atoms with E-state index in [1.165, 1.54) is 29.8 Å². The highest BCUT2D eigenvalue weighted by molar-refractivity contribution is 7.90. The number of halogens is 1. The van der Waals surface area contributed by atoms with Crippen LogP contribution >= 0.6 is 0 Å². The van der Waals surface area contributed by atoms with Crippen LogP contribution in [0.1, 0.15) is 29.0 Å². The average molecular weight is 463 g/mol. The molecule has 4 aromatic rings. The Bertz CT molecular complexity index is 1360. The van der Waals surface area contributed by atoms with Crippen LogP contribution in [0.25, 0.3) is 22.5 Å². The second-order valence-electron chi connectivity index (χ2n) is 7.87. The number of Topliss-reactive ketones (excluding diaryl/α,β-unsaturated/α-hetero) is 1. The number of carbonyl (C=O) groups is 1. The second kappa shape index (κ2) is 9.50. The molecule has 0 aliphatic heterocycles. The van der Waals surface area contributed by atoms with Crippen LogP contribution < -0.4 is 0 Å². The summed E-state index contributed by atoms with van der Waals surface area (Å²) in [6.07, 6.45) is 2.95. The van der Waals surface area contributed by atoms with Gasteiger partial charge in [-0.2, -0.15) is 0 Å². The Labute approximate surface area is 192 Å². The van der Waals surface area contributed by atoms with E-state index in [4.69, 9.17) is 0 Å². The zero-order valence-corrected chi connectivity index (χ0v) is 18.9. The predicted octanol–water partition coefficient (Wildman–Crippen LogP) is 5.49. The van der Waals surface area contributed by atoms with Crippen molar-refractivity contribution in [2.45, 2.75) is 24.2 Å². The molecule has 1 aromatic heterocycles. The van der Waals surface area contributed by atoms with Crippen LogP contribution in [0.2, 0.25) is 0 Å². The van der Waals surface area contributed by atoms with Gasteiger partial charge in [-0.15, -0.1) is 0 Å². The van der Waals surface area contributed by atoms with Crippen LogP contribution in [0.3, 0.4) is 0 Å². The van der Waals surface area contributed by atoms with Gasteiger partial charge in [-0.1, -0.05) is 42.5 Å². The molecule has 0 unspecified atom stereocenters. The maximum absolute atomic E-state index is 13.5. The number of carbonyl (C=O) groups excluding carboxylic acids is 1. The van der Waals surface area contributed by atoms with E-state index in [-0.39, 0.29) is 22.3 Å². The van der Waals surface area contributed by atoms with Crippen molar-refractivity contribution in [1.82, 2.24) is 9.97 Å². The minimum atomic E-state index is -3.33. The van der Waals surface area contributed by atoms with E-state index in [9.17, 15) is 17.6 Å². The lowest BCUT2D eigenvalue weighted by Crippen LogP contribution is -2.02. The van der Waals surface area contributed by atoms with Crippen LogP contribution in [0.4, 0.5) is 4.39 Å². The summed E-state index contributed by atoms with van der Waals surface area (Å²) in [5, 5.41) is 0. The molecule has 0 fully saturated rings. The normalized spacial score (nSPS) is 11.5. The van der Waals surface area contributed by atoms with Gasteiger partial charge in [0.25, 0.3) is 0 Å². The van der Waals surface area contributed by atoms with Gasteiger partial charge in [0.05, 0.1) is 16.3 Å². The largest absolute Gasteiger partial charge is 0.335 e. The van der Waals surface area contributed by atoms with Crippen LogP contribution in [-0.4, -0.2) is 30.4 Å². The Hall–Kier alpha value is -3.58. The lowest BCUT2D eigenvalue weighted by atomic mass is 10.1. The van der Waals surface area contributed by atoms with Crippen molar-refractivity contribution < 1.29 is 17.6 Å². The van der Waals surface area contributed by atoms with Crippen molar-refractivity contribution in [1.29, 1.82) is 0 Å². The van der Waals surface area contributed by atoms with Crippen LogP contribution in [0.15, 0.2) is 83.8 Å². The van der Waals surface area contributed by atoms with Crippen molar-refractivity contribution in [3.8, 4) is 22.5 Å². The minimum absolute atomic E-state index is 0.117. The number of aromatic nitrogens is 2. The number of nitrogens with zero attached hydrogens (tertiary/aromatic N) is 1. The number of benzene rings is 3. The molecule has 4 rings (SSSR count). The van der Waals surface area contributed by atoms with E-state index in [0.717, 1.165) is 12.7 Å². The van der Waals surface area contributed by atoms with Gasteiger partial charge in [-0.05, 0) is 54.8 Å². The number of sulfone groups is 1. The summed E-state index contributed by atoms with van der Waals surface area (Å²) in [6.45, 7) is 0. The molecule has 0 spiro atoms. The van der Waals surface area contributed by atoms with Crippen molar-refractivity contribution in [3.05, 3.63) is 96.1 Å². The highest BCUT2D eigenvalue weighted by Gasteiger charge is 2.19. The molecule has 3 aromatic carbocycles. The molecule has 0 amide bonds. The summed E-state index contributed by atoms with van der Waals surface area (Å²) in [5.41, 5.74) is 3.58. The van der Waals surface area contributed by atoms with Gasteiger partial charge in [0, 0.05) is 23.8 Å². The molecule has 0 bridgehead atoms. The summed E-state index contributed by atoms with van der Waals surface area (Å²) in [5.74, 6) is -0.257. The number of H-pyrrole nitrogens is 1. The first-order valence-corrected chi connectivity index (χ1v) is 12.4. The van der Waals surface area contributed by atoms with E-state index in [0.29, 0.717) is 35.4 Å². The standard InChI is InChI=1S/C26H23FN2O3S/c1-33(31,32)22-16-12-20(13-17-22)25-24(19-10-14-21(27)15-11-19)28-26(29-25)23(30)9-5-8-18-6-3-2-4-7-18/h2-4,6-7,10-17H,5,8-9H2,1H3,(H,28,29). The molecule has 5 nitrogen and oxygen atoms in total. The third kappa shape index (κ3) is 5.43. The molecular weight excluding hydrogens is 439 g/mol. The topological polar surface area (TPSA) is 79.9 Å². The molecule has 0 aliphatic carbocycles. The Kier molecular flexibility index (Phi) is 6.51. The molecule has 7 heteroatoms. The summed E-state index contributed by atoms with van der Waals surface area (Å²) in [6, 6.07) is 22.2. The fraction of sp³-hybridized carbons (Fsp3) is 0.154. The smallest absolute Gasteiger partial charge is 0.198 e. The molecule has 0 radical (unpaired) electrons. The molecule has 1 N–H and O–H groups in total. The maximum Gasteiger partial charge on any atom is 0.198 e. The second-order valence-corrected chi connectivity index (χ2v) is 9.89. The molecule has 33 heavy (non-hydrogen) atoms. The third-order valence-electron chi connectivity index (χ3n) is 5.37. The Morgan fingerprint density at radius 3 is 2.18 bits per heavy atom. The number of nitrogens with one attached hydrogen (secondary N) is 1. The highest BCUT2D eigenvalue weighted by atomic mass is 32.2. The minimum Gasteiger partial charge on any atom is -0.335 e. The summed E-state index contributed by atoms with van der Waals surface area (Å²) < 4.78 is 37.0. The van der Waals surface area contributed by atoms with Gasteiger partial charge in [0.15, 0.2) is 21.4 Å². The third-order valence-corrected chi connectivity index (χ3v) is 6.50. The van der Waals surface area contributed by atoms with Crippen LogP contribution in [-0.2, 0) is 16.3 Å². The SMILES string of the molecule is CS(=O)(=O)c1ccc(-c2nc(C(=O)CCCc3ccccc3)[nH]c2-c2ccc(F)cc2)cc1. The van der Waals surface area contributed by atoms with Gasteiger partial charge in [0.2, 0.25) is 0 Å². The van der Waals surface area contributed by atoms with Crippen molar-refractivity contribution in [2.24, 2.45) is 0 Å². The predicted molar refractivity (Wildman–Crippen MR) is 126 cm³/mol. The molecule has 0 aliphatic rings. The zero-order valence-electron chi connectivity index (χ0n) is 18.1. The van der Waals surface area contributed by atoms with Gasteiger partial charge in [-0.3, -0.25) is 4.79 Å². The summed E-state index contributed by atoms with van der Waals surface area (Å²) in [4.78, 5) is 20.7. The van der Waals surface area contributed by atoms with E-state index in [2.05, 4.69) is 9.97 Å². The Morgan fingerprint density at radius 1 is 0.909 bits per heavy atom. The summed E-state index contributed by atoms with van der Waals surface area (Å²) in [7, 11) is -3.33. The maximum atomic E-state index is 13.5. The van der Waals surface area contributed by atoms with Crippen molar-refractivity contribution >= 4 is 15.6 Å². The lowest BCUT2D eigenvalue weighted by molar-refractivity contribution is 0.0971. The monoisotopic (exact) mass is 462 g/mol. The van der Waals surface area contributed by atoms with E-state index < -0.39 is 9.84 Å². The first-order valence-electron chi connectivity index (χ1n) is 10.5. The molecule has 1 heterocycles. The van der Waals surface area contributed by atoms with E-state index >= 15 is 0 Å². The number of aryl methyl sites for hydroxylation is 1. The highest BCUT2D eigenvalue weighted by Crippen LogP contribution is 2.31. The Morgan fingerprint density at radius 2 is 1.55 bits per heavy atom. The van der Waals surface area contributed by atoms with Crippen molar-refractivity contribution in [2.75, 3.05) is 6.26 Å². The molecule has 0 atom stereocenters. The molecule has 0 saturated heterocycles. The van der Waals surface area contributed by atoms with E-state index in [1.807, 2.05) is 30.3 Å². The Balaban J connectivity index is 1.63. The van der Waals surface area contributed by atoms with Crippen LogP contribution in [0.5, 0.6) is 0 Å². The van der Waals surface area contributed by atoms with Gasteiger partial charge < -0.3 is 4.98 Å². The zero-order chi connectivity index (χ0) is 23.4. The van der Waals surface area contributed by atoms with E-state index in [1.54, 1.807) is 24.3 Å². The van der Waals surface area contributed by atoms with Gasteiger partial charge >= 0.3 is 0 Å². The molecule has 0 saturated carbocycles. The fourth-order valence-corrected chi connectivity index (χ4v) is 4.25. The molecular formula is C26H23FN2O3S. The number of hydrogen-bond acceptors (Lipinski definition) is 4. The molecule has 168 valence electrons. The summed E-state index contributed by atoms with van der Waals surface area (Å²) >= 11 is 0. The first kappa shape index (κ1) is 22.6. The van der Waals surface area contributed by atoms with Crippen molar-refractivity contribution in [3.63, 3.8) is 0 Å².